The van der Waals surface area contributed by atoms with Crippen molar-refractivity contribution in [3.8, 4) is 0 Å². The standard InChI is InChI=1S/C18H36O.C3H8O3/c1-2-3-4-5-6-7-8-9-10-11-12-13-14-15-16-18-17-19-18;4-1-3(6)2-5/h18H,2-17H2,1H3;3-6H,1-2H2. The maximum atomic E-state index is 8.17. The number of hydrogen-bond donors (Lipinski definition) is 3. The van der Waals surface area contributed by atoms with Gasteiger partial charge in [0, 0.05) is 0 Å². The van der Waals surface area contributed by atoms with E-state index in [1.165, 1.54) is 96.3 Å². The van der Waals surface area contributed by atoms with Crippen LogP contribution in [0, 0.1) is 0 Å². The first-order valence-corrected chi connectivity index (χ1v) is 10.8. The summed E-state index contributed by atoms with van der Waals surface area (Å²) in [5.74, 6) is 0. The van der Waals surface area contributed by atoms with E-state index in [4.69, 9.17) is 20.1 Å². The Bertz CT molecular complexity index is 240. The van der Waals surface area contributed by atoms with Gasteiger partial charge in [-0.15, -0.1) is 0 Å². The van der Waals surface area contributed by atoms with E-state index < -0.39 is 6.10 Å². The van der Waals surface area contributed by atoms with Gasteiger partial charge in [0.1, 0.15) is 6.10 Å². The van der Waals surface area contributed by atoms with Crippen LogP contribution < -0.4 is 0 Å². The smallest absolute Gasteiger partial charge is 0.100 e. The summed E-state index contributed by atoms with van der Waals surface area (Å²) in [5, 5.41) is 24.0. The molecule has 0 aromatic heterocycles. The van der Waals surface area contributed by atoms with Crippen molar-refractivity contribution in [1.82, 2.24) is 0 Å². The summed E-state index contributed by atoms with van der Waals surface area (Å²) in [4.78, 5) is 0. The summed E-state index contributed by atoms with van der Waals surface area (Å²) in [6.45, 7) is 2.60. The highest BCUT2D eigenvalue weighted by Crippen LogP contribution is 2.18. The zero-order chi connectivity index (χ0) is 18.6. The number of rotatable bonds is 17. The molecule has 1 rings (SSSR count). The molecule has 0 radical (unpaired) electrons. The number of hydrogen-bond acceptors (Lipinski definition) is 4. The Labute approximate surface area is 156 Å². The van der Waals surface area contributed by atoms with Gasteiger partial charge in [-0.3, -0.25) is 0 Å². The zero-order valence-corrected chi connectivity index (χ0v) is 16.6. The van der Waals surface area contributed by atoms with Crippen molar-refractivity contribution in [1.29, 1.82) is 0 Å². The summed E-state index contributed by atoms with van der Waals surface area (Å²) in [6, 6.07) is 0. The number of ether oxygens (including phenoxy) is 1. The second kappa shape index (κ2) is 20.2. The molecule has 1 aliphatic rings. The molecule has 0 spiro atoms. The van der Waals surface area contributed by atoms with E-state index in [9.17, 15) is 0 Å². The minimum atomic E-state index is -0.954. The van der Waals surface area contributed by atoms with E-state index >= 15 is 0 Å². The van der Waals surface area contributed by atoms with Crippen LogP contribution >= 0.6 is 0 Å². The molecule has 0 amide bonds. The average Bonchev–Trinajstić information content (AvgIpc) is 3.46. The van der Waals surface area contributed by atoms with Crippen LogP contribution in [0.2, 0.25) is 0 Å². The maximum Gasteiger partial charge on any atom is 0.100 e. The Morgan fingerprint density at radius 3 is 1.36 bits per heavy atom. The quantitative estimate of drug-likeness (QED) is 0.262. The van der Waals surface area contributed by atoms with E-state index in [-0.39, 0.29) is 13.2 Å². The summed E-state index contributed by atoms with van der Waals surface area (Å²) < 4.78 is 5.22. The fraction of sp³-hybridized carbons (Fsp3) is 1.00. The Morgan fingerprint density at radius 2 is 1.08 bits per heavy atom. The van der Waals surface area contributed by atoms with E-state index in [0.717, 1.165) is 6.61 Å². The second-order valence-corrected chi connectivity index (χ2v) is 7.36. The minimum absolute atomic E-state index is 0.365. The Morgan fingerprint density at radius 1 is 0.720 bits per heavy atom. The normalized spacial score (nSPS) is 16.0. The van der Waals surface area contributed by atoms with Gasteiger partial charge in [0.25, 0.3) is 0 Å². The fourth-order valence-electron chi connectivity index (χ4n) is 2.86. The van der Waals surface area contributed by atoms with Crippen LogP contribution in [-0.2, 0) is 4.74 Å². The van der Waals surface area contributed by atoms with Crippen molar-refractivity contribution >= 4 is 0 Å². The molecule has 0 bridgehead atoms. The van der Waals surface area contributed by atoms with Gasteiger partial charge in [0.05, 0.1) is 25.9 Å². The molecule has 25 heavy (non-hydrogen) atoms. The van der Waals surface area contributed by atoms with Gasteiger partial charge in [-0.05, 0) is 6.42 Å². The van der Waals surface area contributed by atoms with Crippen LogP contribution in [0.5, 0.6) is 0 Å². The Balaban J connectivity index is 0.000000823. The maximum absolute atomic E-state index is 8.17. The molecule has 1 saturated heterocycles. The van der Waals surface area contributed by atoms with Crippen LogP contribution in [0.3, 0.4) is 0 Å². The topological polar surface area (TPSA) is 73.2 Å². The van der Waals surface area contributed by atoms with Gasteiger partial charge in [0.15, 0.2) is 0 Å². The van der Waals surface area contributed by atoms with Gasteiger partial charge >= 0.3 is 0 Å². The molecular weight excluding hydrogens is 316 g/mol. The molecule has 1 heterocycles. The molecule has 3 N–H and O–H groups in total. The van der Waals surface area contributed by atoms with Crippen molar-refractivity contribution < 1.29 is 20.1 Å². The van der Waals surface area contributed by atoms with Crippen LogP contribution in [0.15, 0.2) is 0 Å². The lowest BCUT2D eigenvalue weighted by atomic mass is 10.0. The van der Waals surface area contributed by atoms with Crippen LogP contribution in [0.25, 0.3) is 0 Å². The van der Waals surface area contributed by atoms with Gasteiger partial charge in [-0.2, -0.15) is 0 Å². The lowest BCUT2D eigenvalue weighted by Gasteiger charge is -2.03. The molecule has 4 nitrogen and oxygen atoms in total. The molecule has 0 aliphatic carbocycles. The van der Waals surface area contributed by atoms with Crippen molar-refractivity contribution in [2.45, 2.75) is 115 Å². The molecule has 4 heteroatoms. The first kappa shape index (κ1) is 24.8. The summed E-state index contributed by atoms with van der Waals surface area (Å²) >= 11 is 0. The van der Waals surface area contributed by atoms with E-state index in [2.05, 4.69) is 6.92 Å². The van der Waals surface area contributed by atoms with Gasteiger partial charge in [-0.1, -0.05) is 96.8 Å². The lowest BCUT2D eigenvalue weighted by molar-refractivity contribution is 0.0450. The monoisotopic (exact) mass is 360 g/mol. The highest BCUT2D eigenvalue weighted by molar-refractivity contribution is 4.68. The summed E-state index contributed by atoms with van der Waals surface area (Å²) in [7, 11) is 0. The molecule has 0 aromatic carbocycles. The number of epoxide rings is 1. The molecule has 1 unspecified atom stereocenters. The number of unbranched alkanes of at least 4 members (excludes halogenated alkanes) is 13. The van der Waals surface area contributed by atoms with Crippen molar-refractivity contribution in [3.63, 3.8) is 0 Å². The van der Waals surface area contributed by atoms with Crippen LogP contribution in [0.4, 0.5) is 0 Å². The Hall–Kier alpha value is -0.160. The highest BCUT2D eigenvalue weighted by atomic mass is 16.6. The molecule has 152 valence electrons. The predicted octanol–water partition coefficient (Wildman–Crippen LogP) is 4.59. The third kappa shape index (κ3) is 21.8. The Kier molecular flexibility index (Phi) is 20.0. The number of aliphatic hydroxyl groups is 3. The minimum Gasteiger partial charge on any atom is -0.394 e. The van der Waals surface area contributed by atoms with Crippen molar-refractivity contribution in [2.24, 2.45) is 0 Å². The SMILES string of the molecule is CCCCCCCCCCCCCCCCC1CO1.OCC(O)CO. The largest absolute Gasteiger partial charge is 0.394 e. The number of aliphatic hydroxyl groups excluding tert-OH is 3. The first-order chi connectivity index (χ1) is 12.2. The van der Waals surface area contributed by atoms with Crippen molar-refractivity contribution in [2.75, 3.05) is 19.8 Å². The molecule has 1 fully saturated rings. The molecule has 0 aromatic rings. The molecule has 0 saturated carbocycles. The molecule has 1 atom stereocenters. The van der Waals surface area contributed by atoms with Gasteiger partial charge < -0.3 is 20.1 Å². The first-order valence-electron chi connectivity index (χ1n) is 10.8. The fourth-order valence-corrected chi connectivity index (χ4v) is 2.86. The van der Waals surface area contributed by atoms with Crippen LogP contribution in [0.1, 0.15) is 103 Å². The van der Waals surface area contributed by atoms with E-state index in [1.807, 2.05) is 0 Å². The molecular formula is C21H44O4. The third-order valence-corrected chi connectivity index (χ3v) is 4.70. The highest BCUT2D eigenvalue weighted by Gasteiger charge is 2.20. The summed E-state index contributed by atoms with van der Waals surface area (Å²) in [6.07, 6.45) is 21.3. The van der Waals surface area contributed by atoms with Crippen molar-refractivity contribution in [3.05, 3.63) is 0 Å². The predicted molar refractivity (Wildman–Crippen MR) is 105 cm³/mol. The van der Waals surface area contributed by atoms with Crippen LogP contribution in [-0.4, -0.2) is 47.3 Å². The molecule has 1 aliphatic heterocycles. The zero-order valence-electron chi connectivity index (χ0n) is 16.6. The van der Waals surface area contributed by atoms with Gasteiger partial charge in [0.2, 0.25) is 0 Å². The lowest BCUT2D eigenvalue weighted by Crippen LogP contribution is -2.15. The third-order valence-electron chi connectivity index (χ3n) is 4.70. The second-order valence-electron chi connectivity index (χ2n) is 7.36. The van der Waals surface area contributed by atoms with E-state index in [0.29, 0.717) is 6.10 Å². The average molecular weight is 361 g/mol. The van der Waals surface area contributed by atoms with Gasteiger partial charge in [-0.25, -0.2) is 0 Å². The van der Waals surface area contributed by atoms with E-state index in [1.54, 1.807) is 0 Å². The summed E-state index contributed by atoms with van der Waals surface area (Å²) in [5.41, 5.74) is 0.